The summed E-state index contributed by atoms with van der Waals surface area (Å²) in [6, 6.07) is 10.9. The first-order valence-corrected chi connectivity index (χ1v) is 10.9. The fourth-order valence-electron chi connectivity index (χ4n) is 3.21. The molecule has 0 aliphatic carbocycles. The maximum Gasteiger partial charge on any atom is 0.338 e. The van der Waals surface area contributed by atoms with E-state index < -0.39 is 30.4 Å². The number of carbonyl (C=O) groups is 4. The number of halogens is 2. The molecule has 1 saturated heterocycles. The largest absolute Gasteiger partial charge is 0.459 e. The normalized spacial score (nSPS) is 15.5. The molecule has 10 heteroatoms. The summed E-state index contributed by atoms with van der Waals surface area (Å²) in [5.41, 5.74) is 1.21. The van der Waals surface area contributed by atoms with E-state index in [2.05, 4.69) is 5.32 Å². The second-order valence-corrected chi connectivity index (χ2v) is 8.53. The molecule has 8 nitrogen and oxygen atoms in total. The van der Waals surface area contributed by atoms with Crippen molar-refractivity contribution in [3.63, 3.8) is 0 Å². The summed E-state index contributed by atoms with van der Waals surface area (Å²) >= 11 is 11.9. The smallest absolute Gasteiger partial charge is 0.338 e. The number of nitrogens with zero attached hydrogens (tertiary/aromatic N) is 1. The van der Waals surface area contributed by atoms with Crippen LogP contribution in [0.2, 0.25) is 10.0 Å². The van der Waals surface area contributed by atoms with Crippen molar-refractivity contribution in [1.29, 1.82) is 0 Å². The topological polar surface area (TPSA) is 102 Å². The Kier molecular flexibility index (Phi) is 7.94. The maximum atomic E-state index is 12.4. The van der Waals surface area contributed by atoms with Crippen LogP contribution in [0.5, 0.6) is 0 Å². The molecule has 0 radical (unpaired) electrons. The molecular weight excluding hydrogens is 471 g/mol. The van der Waals surface area contributed by atoms with Gasteiger partial charge in [-0.05, 0) is 56.3 Å². The minimum absolute atomic E-state index is 0.0439. The highest BCUT2D eigenvalue weighted by molar-refractivity contribution is 6.35. The van der Waals surface area contributed by atoms with Gasteiger partial charge in [-0.25, -0.2) is 4.79 Å². The summed E-state index contributed by atoms with van der Waals surface area (Å²) < 4.78 is 10.2. The highest BCUT2D eigenvalue weighted by atomic mass is 35.5. The van der Waals surface area contributed by atoms with E-state index in [-0.39, 0.29) is 25.0 Å². The van der Waals surface area contributed by atoms with Crippen molar-refractivity contribution in [3.8, 4) is 0 Å². The summed E-state index contributed by atoms with van der Waals surface area (Å²) in [6.45, 7) is 3.09. The molecule has 1 fully saturated rings. The van der Waals surface area contributed by atoms with Gasteiger partial charge in [0.2, 0.25) is 5.91 Å². The van der Waals surface area contributed by atoms with Crippen LogP contribution in [0.25, 0.3) is 0 Å². The molecule has 1 aliphatic rings. The third kappa shape index (κ3) is 6.46. The molecule has 2 aromatic rings. The Bertz CT molecular complexity index is 1070. The fraction of sp³-hybridized carbons (Fsp3) is 0.304. The third-order valence-corrected chi connectivity index (χ3v) is 5.33. The van der Waals surface area contributed by atoms with Gasteiger partial charge in [0.1, 0.15) is 0 Å². The van der Waals surface area contributed by atoms with E-state index in [1.165, 1.54) is 17.0 Å². The SMILES string of the molecule is CC(C)OC(=O)c1ccc(N2C[C@@H](C(=O)OCC(=O)Nc3cc(Cl)ccc3Cl)CC2=O)cc1. The molecule has 1 heterocycles. The molecule has 1 atom stereocenters. The number of carbonyl (C=O) groups excluding carboxylic acids is 4. The zero-order chi connectivity index (χ0) is 24.1. The number of ether oxygens (including phenoxy) is 2. The summed E-state index contributed by atoms with van der Waals surface area (Å²) in [6.07, 6.45) is -0.286. The Labute approximate surface area is 200 Å². The second-order valence-electron chi connectivity index (χ2n) is 7.69. The summed E-state index contributed by atoms with van der Waals surface area (Å²) in [5, 5.41) is 3.20. The average Bonchev–Trinajstić information content (AvgIpc) is 3.16. The minimum Gasteiger partial charge on any atom is -0.459 e. The van der Waals surface area contributed by atoms with Crippen molar-refractivity contribution in [1.82, 2.24) is 0 Å². The Morgan fingerprint density at radius 1 is 1.12 bits per heavy atom. The average molecular weight is 493 g/mol. The van der Waals surface area contributed by atoms with Crippen LogP contribution >= 0.6 is 23.2 Å². The Hall–Kier alpha value is -3.10. The van der Waals surface area contributed by atoms with Gasteiger partial charge in [0.25, 0.3) is 5.91 Å². The lowest BCUT2D eigenvalue weighted by molar-refractivity contribution is -0.151. The quantitative estimate of drug-likeness (QED) is 0.583. The molecule has 0 unspecified atom stereocenters. The van der Waals surface area contributed by atoms with E-state index in [0.717, 1.165) is 0 Å². The molecule has 3 rings (SSSR count). The van der Waals surface area contributed by atoms with Gasteiger partial charge in [-0.1, -0.05) is 23.2 Å². The first-order valence-electron chi connectivity index (χ1n) is 10.2. The first-order chi connectivity index (χ1) is 15.6. The second kappa shape index (κ2) is 10.7. The first kappa shape index (κ1) is 24.5. The molecule has 33 heavy (non-hydrogen) atoms. The number of benzene rings is 2. The zero-order valence-corrected chi connectivity index (χ0v) is 19.5. The molecule has 2 aromatic carbocycles. The van der Waals surface area contributed by atoms with Gasteiger partial charge >= 0.3 is 11.9 Å². The van der Waals surface area contributed by atoms with Gasteiger partial charge in [-0.3, -0.25) is 14.4 Å². The van der Waals surface area contributed by atoms with Crippen LogP contribution < -0.4 is 10.2 Å². The zero-order valence-electron chi connectivity index (χ0n) is 18.0. The molecular formula is C23H22Cl2N2O6. The molecule has 0 bridgehead atoms. The van der Waals surface area contributed by atoms with Gasteiger partial charge < -0.3 is 19.7 Å². The summed E-state index contributed by atoms with van der Waals surface area (Å²) in [7, 11) is 0. The third-order valence-electron chi connectivity index (χ3n) is 4.76. The minimum atomic E-state index is -0.717. The number of hydrogen-bond acceptors (Lipinski definition) is 6. The van der Waals surface area contributed by atoms with Gasteiger partial charge in [0.15, 0.2) is 6.61 Å². The Morgan fingerprint density at radius 2 is 1.82 bits per heavy atom. The van der Waals surface area contributed by atoms with Gasteiger partial charge in [-0.15, -0.1) is 0 Å². The molecule has 0 saturated carbocycles. The van der Waals surface area contributed by atoms with Crippen molar-refractivity contribution in [2.75, 3.05) is 23.4 Å². The van der Waals surface area contributed by atoms with Gasteiger partial charge in [0.05, 0.1) is 28.3 Å². The van der Waals surface area contributed by atoms with Crippen LogP contribution in [0, 0.1) is 5.92 Å². The lowest BCUT2D eigenvalue weighted by Gasteiger charge is -2.17. The number of hydrogen-bond donors (Lipinski definition) is 1. The van der Waals surface area contributed by atoms with Crippen molar-refractivity contribution < 1.29 is 28.7 Å². The lowest BCUT2D eigenvalue weighted by atomic mass is 10.1. The predicted molar refractivity (Wildman–Crippen MR) is 124 cm³/mol. The van der Waals surface area contributed by atoms with E-state index in [0.29, 0.717) is 27.0 Å². The molecule has 2 amide bonds. The maximum absolute atomic E-state index is 12.4. The fourth-order valence-corrected chi connectivity index (χ4v) is 3.55. The van der Waals surface area contributed by atoms with Gasteiger partial charge in [-0.2, -0.15) is 0 Å². The number of nitrogens with one attached hydrogen (secondary N) is 1. The van der Waals surface area contributed by atoms with Crippen LogP contribution in [0.1, 0.15) is 30.6 Å². The van der Waals surface area contributed by atoms with Crippen molar-refractivity contribution in [2.45, 2.75) is 26.4 Å². The van der Waals surface area contributed by atoms with Crippen LogP contribution in [0.3, 0.4) is 0 Å². The molecule has 1 aliphatic heterocycles. The molecule has 0 aromatic heterocycles. The molecule has 0 spiro atoms. The van der Waals surface area contributed by atoms with Crippen LogP contribution in [-0.4, -0.2) is 43.0 Å². The predicted octanol–water partition coefficient (Wildman–Crippen LogP) is 4.09. The Morgan fingerprint density at radius 3 is 2.48 bits per heavy atom. The van der Waals surface area contributed by atoms with E-state index >= 15 is 0 Å². The van der Waals surface area contributed by atoms with Crippen molar-refractivity contribution in [3.05, 3.63) is 58.1 Å². The monoisotopic (exact) mass is 492 g/mol. The number of rotatable bonds is 7. The van der Waals surface area contributed by atoms with E-state index in [4.69, 9.17) is 32.7 Å². The number of esters is 2. The van der Waals surface area contributed by atoms with Crippen LogP contribution in [-0.2, 0) is 23.9 Å². The van der Waals surface area contributed by atoms with E-state index in [1.807, 2.05) is 0 Å². The molecule has 174 valence electrons. The van der Waals surface area contributed by atoms with Crippen LogP contribution in [0.15, 0.2) is 42.5 Å². The van der Waals surface area contributed by atoms with E-state index in [9.17, 15) is 19.2 Å². The van der Waals surface area contributed by atoms with Crippen molar-refractivity contribution >= 4 is 58.3 Å². The van der Waals surface area contributed by atoms with Crippen LogP contribution in [0.4, 0.5) is 11.4 Å². The van der Waals surface area contributed by atoms with E-state index in [1.54, 1.807) is 44.2 Å². The Balaban J connectivity index is 1.54. The highest BCUT2D eigenvalue weighted by Crippen LogP contribution is 2.27. The highest BCUT2D eigenvalue weighted by Gasteiger charge is 2.36. The lowest BCUT2D eigenvalue weighted by Crippen LogP contribution is -2.28. The summed E-state index contributed by atoms with van der Waals surface area (Å²) in [4.78, 5) is 50.3. The number of anilines is 2. The van der Waals surface area contributed by atoms with Crippen molar-refractivity contribution in [2.24, 2.45) is 5.92 Å². The summed E-state index contributed by atoms with van der Waals surface area (Å²) in [5.74, 6) is -2.67. The molecule has 1 N–H and O–H groups in total. The number of amides is 2. The van der Waals surface area contributed by atoms with Gasteiger partial charge in [0, 0.05) is 23.7 Å². The standard InChI is InChI=1S/C23H22Cl2N2O6/c1-13(2)33-23(31)14-3-6-17(7-4-14)27-11-15(9-21(27)29)22(30)32-12-20(28)26-19-10-16(24)5-8-18(19)25/h3-8,10,13,15H,9,11-12H2,1-2H3,(H,26,28)/t15-/m0/s1.